The topological polar surface area (TPSA) is 64.0 Å². The molecule has 27 heavy (non-hydrogen) atoms. The molecule has 3 rings (SSSR count). The minimum atomic E-state index is -0.0401. The summed E-state index contributed by atoms with van der Waals surface area (Å²) < 4.78 is 2.08. The number of hydrogen-bond acceptors (Lipinski definition) is 5. The molecule has 0 aliphatic heterocycles. The number of nitrogens with zero attached hydrogens (tertiary/aromatic N) is 2. The highest BCUT2D eigenvalue weighted by Crippen LogP contribution is 2.26. The third-order valence-corrected chi connectivity index (χ3v) is 6.11. The standard InChI is InChI=1S/C20H21N3O2S2/c1-3-12-23-17-7-5-4-6-16(17)22-20(23)26-13-18(25)19-9-8-15(27-19)10-11-21-14(2)24/h3-9H,1,10-13H2,2H3,(H,21,24). The highest BCUT2D eigenvalue weighted by atomic mass is 32.2. The second-order valence-electron chi connectivity index (χ2n) is 5.99. The number of nitrogens with one attached hydrogen (secondary N) is 1. The van der Waals surface area contributed by atoms with Gasteiger partial charge in [-0.05, 0) is 30.7 Å². The third-order valence-electron chi connectivity index (χ3n) is 3.95. The van der Waals surface area contributed by atoms with E-state index in [1.807, 2.05) is 42.5 Å². The Balaban J connectivity index is 1.65. The van der Waals surface area contributed by atoms with Gasteiger partial charge in [-0.1, -0.05) is 30.0 Å². The maximum absolute atomic E-state index is 12.6. The van der Waals surface area contributed by atoms with Crippen LogP contribution in [0.2, 0.25) is 0 Å². The SMILES string of the molecule is C=CCn1c(SCC(=O)c2ccc(CCNC(C)=O)s2)nc2ccccc21. The molecule has 7 heteroatoms. The lowest BCUT2D eigenvalue weighted by atomic mass is 10.3. The Morgan fingerprint density at radius 1 is 1.30 bits per heavy atom. The summed E-state index contributed by atoms with van der Waals surface area (Å²) in [6.45, 7) is 6.56. The molecule has 0 spiro atoms. The number of thioether (sulfide) groups is 1. The number of amides is 1. The first-order valence-electron chi connectivity index (χ1n) is 8.64. The molecule has 2 aromatic heterocycles. The van der Waals surface area contributed by atoms with Crippen LogP contribution in [0.1, 0.15) is 21.5 Å². The van der Waals surface area contributed by atoms with Crippen LogP contribution in [0.3, 0.4) is 0 Å². The van der Waals surface area contributed by atoms with Crippen LogP contribution in [0.4, 0.5) is 0 Å². The molecule has 5 nitrogen and oxygen atoms in total. The first kappa shape index (κ1) is 19.4. The zero-order valence-electron chi connectivity index (χ0n) is 15.1. The van der Waals surface area contributed by atoms with E-state index in [-0.39, 0.29) is 11.7 Å². The van der Waals surface area contributed by atoms with Gasteiger partial charge in [-0.25, -0.2) is 4.98 Å². The van der Waals surface area contributed by atoms with E-state index in [0.29, 0.717) is 18.8 Å². The van der Waals surface area contributed by atoms with Crippen molar-refractivity contribution in [3.05, 3.63) is 58.8 Å². The highest BCUT2D eigenvalue weighted by Gasteiger charge is 2.14. The van der Waals surface area contributed by atoms with E-state index in [9.17, 15) is 9.59 Å². The summed E-state index contributed by atoms with van der Waals surface area (Å²) in [5.74, 6) is 0.390. The molecular weight excluding hydrogens is 378 g/mol. The number of ketones is 1. The number of allylic oxidation sites excluding steroid dienone is 1. The Labute approximate surface area is 166 Å². The van der Waals surface area contributed by atoms with E-state index in [0.717, 1.165) is 32.4 Å². The van der Waals surface area contributed by atoms with E-state index >= 15 is 0 Å². The van der Waals surface area contributed by atoms with Gasteiger partial charge in [0, 0.05) is 24.9 Å². The van der Waals surface area contributed by atoms with Gasteiger partial charge in [-0.3, -0.25) is 9.59 Å². The van der Waals surface area contributed by atoms with Crippen molar-refractivity contribution < 1.29 is 9.59 Å². The van der Waals surface area contributed by atoms with Crippen LogP contribution in [0.5, 0.6) is 0 Å². The molecular formula is C20H21N3O2S2. The first-order valence-corrected chi connectivity index (χ1v) is 10.4. The number of carbonyl (C=O) groups is 2. The fraction of sp³-hybridized carbons (Fsp3) is 0.250. The Kier molecular flexibility index (Phi) is 6.47. The molecule has 0 bridgehead atoms. The van der Waals surface area contributed by atoms with Crippen molar-refractivity contribution in [1.29, 1.82) is 0 Å². The molecule has 1 aromatic carbocycles. The minimum absolute atomic E-state index is 0.0401. The van der Waals surface area contributed by atoms with Crippen LogP contribution in [-0.2, 0) is 17.8 Å². The number of aromatic nitrogens is 2. The number of fused-ring (bicyclic) bond motifs is 1. The Hall–Kier alpha value is -2.38. The van der Waals surface area contributed by atoms with E-state index in [1.165, 1.54) is 30.0 Å². The third kappa shape index (κ3) is 4.87. The van der Waals surface area contributed by atoms with Gasteiger partial charge >= 0.3 is 0 Å². The molecule has 0 aliphatic rings. The predicted molar refractivity (Wildman–Crippen MR) is 112 cm³/mol. The summed E-state index contributed by atoms with van der Waals surface area (Å²) in [6.07, 6.45) is 2.57. The monoisotopic (exact) mass is 399 g/mol. The lowest BCUT2D eigenvalue weighted by Crippen LogP contribution is -2.22. The number of carbonyl (C=O) groups excluding carboxylic acids is 2. The van der Waals surface area contributed by atoms with Gasteiger partial charge in [-0.2, -0.15) is 0 Å². The van der Waals surface area contributed by atoms with Crippen molar-refractivity contribution >= 4 is 45.8 Å². The maximum atomic E-state index is 12.6. The van der Waals surface area contributed by atoms with Gasteiger partial charge in [0.05, 0.1) is 21.7 Å². The lowest BCUT2D eigenvalue weighted by molar-refractivity contribution is -0.118. The number of hydrogen-bond donors (Lipinski definition) is 1. The largest absolute Gasteiger partial charge is 0.356 e. The summed E-state index contributed by atoms with van der Waals surface area (Å²) >= 11 is 2.94. The van der Waals surface area contributed by atoms with Crippen LogP contribution >= 0.6 is 23.1 Å². The lowest BCUT2D eigenvalue weighted by Gasteiger charge is -2.05. The molecule has 2 heterocycles. The Morgan fingerprint density at radius 3 is 2.89 bits per heavy atom. The van der Waals surface area contributed by atoms with Crippen molar-refractivity contribution in [1.82, 2.24) is 14.9 Å². The van der Waals surface area contributed by atoms with Crippen LogP contribution in [0, 0.1) is 0 Å². The molecule has 0 saturated heterocycles. The zero-order valence-corrected chi connectivity index (χ0v) is 16.7. The molecule has 0 unspecified atom stereocenters. The molecule has 0 radical (unpaired) electrons. The Morgan fingerprint density at radius 2 is 2.11 bits per heavy atom. The molecule has 0 aliphatic carbocycles. The van der Waals surface area contributed by atoms with Crippen LogP contribution in [-0.4, -0.2) is 33.5 Å². The molecule has 0 atom stereocenters. The van der Waals surface area contributed by atoms with E-state index < -0.39 is 0 Å². The number of imidazole rings is 1. The summed E-state index contributed by atoms with van der Waals surface area (Å²) in [7, 11) is 0. The fourth-order valence-electron chi connectivity index (χ4n) is 2.69. The second kappa shape index (κ2) is 9.01. The average molecular weight is 400 g/mol. The smallest absolute Gasteiger partial charge is 0.216 e. The van der Waals surface area contributed by atoms with Crippen molar-refractivity contribution in [2.24, 2.45) is 0 Å². The molecule has 3 aromatic rings. The normalized spacial score (nSPS) is 10.9. The number of thiophene rings is 1. The van der Waals surface area contributed by atoms with Crippen LogP contribution < -0.4 is 5.32 Å². The second-order valence-corrected chi connectivity index (χ2v) is 8.10. The van der Waals surface area contributed by atoms with Gasteiger partial charge in [-0.15, -0.1) is 17.9 Å². The van der Waals surface area contributed by atoms with Crippen molar-refractivity contribution in [2.45, 2.75) is 25.0 Å². The van der Waals surface area contributed by atoms with Crippen molar-refractivity contribution in [2.75, 3.05) is 12.3 Å². The van der Waals surface area contributed by atoms with Crippen molar-refractivity contribution in [3.8, 4) is 0 Å². The van der Waals surface area contributed by atoms with Gasteiger partial charge in [0.2, 0.25) is 5.91 Å². The van der Waals surface area contributed by atoms with Crippen LogP contribution in [0.25, 0.3) is 11.0 Å². The van der Waals surface area contributed by atoms with E-state index in [2.05, 4.69) is 21.4 Å². The molecule has 1 N–H and O–H groups in total. The first-order chi connectivity index (χ1) is 13.1. The van der Waals surface area contributed by atoms with Crippen LogP contribution in [0.15, 0.2) is 54.2 Å². The highest BCUT2D eigenvalue weighted by molar-refractivity contribution is 7.99. The van der Waals surface area contributed by atoms with Gasteiger partial charge in [0.25, 0.3) is 0 Å². The number of Topliss-reactive ketones (excluding diaryl/α,β-unsaturated/α-hetero) is 1. The molecule has 0 fully saturated rings. The van der Waals surface area contributed by atoms with Gasteiger partial charge < -0.3 is 9.88 Å². The van der Waals surface area contributed by atoms with E-state index in [1.54, 1.807) is 0 Å². The molecule has 0 saturated carbocycles. The maximum Gasteiger partial charge on any atom is 0.216 e. The summed E-state index contributed by atoms with van der Waals surface area (Å²) in [5, 5.41) is 3.60. The van der Waals surface area contributed by atoms with E-state index in [4.69, 9.17) is 0 Å². The summed E-state index contributed by atoms with van der Waals surface area (Å²) in [6, 6.07) is 11.8. The Bertz CT molecular complexity index is 975. The number of benzene rings is 1. The molecule has 1 amide bonds. The molecule has 140 valence electrons. The van der Waals surface area contributed by atoms with Gasteiger partial charge in [0.1, 0.15) is 0 Å². The minimum Gasteiger partial charge on any atom is -0.356 e. The number of rotatable bonds is 9. The van der Waals surface area contributed by atoms with Crippen molar-refractivity contribution in [3.63, 3.8) is 0 Å². The quantitative estimate of drug-likeness (QED) is 0.336. The predicted octanol–water partition coefficient (Wildman–Crippen LogP) is 3.94. The average Bonchev–Trinajstić information content (AvgIpc) is 3.25. The zero-order chi connectivity index (χ0) is 19.2. The fourth-order valence-corrected chi connectivity index (χ4v) is 4.64. The summed E-state index contributed by atoms with van der Waals surface area (Å²) in [5.41, 5.74) is 1.97. The summed E-state index contributed by atoms with van der Waals surface area (Å²) in [4.78, 5) is 30.0. The van der Waals surface area contributed by atoms with Gasteiger partial charge in [0.15, 0.2) is 10.9 Å². The number of para-hydroxylation sites is 2.